The summed E-state index contributed by atoms with van der Waals surface area (Å²) in [5, 5.41) is 3.39. The highest BCUT2D eigenvalue weighted by atomic mass is 16.2. The van der Waals surface area contributed by atoms with Crippen LogP contribution in [0.2, 0.25) is 0 Å². The molecule has 2 saturated heterocycles. The zero-order chi connectivity index (χ0) is 17.8. The molecule has 1 N–H and O–H groups in total. The zero-order valence-corrected chi connectivity index (χ0v) is 15.9. The summed E-state index contributed by atoms with van der Waals surface area (Å²) in [5.74, 6) is 0.166. The van der Waals surface area contributed by atoms with Gasteiger partial charge in [-0.2, -0.15) is 0 Å². The standard InChI is InChI=1S/C20H32N4O/c1-4-22-8-10-23(11-9-22)15-18-6-5-7-19(12-18)20(25)24-16(2)13-21-14-17(24)3/h5-7,12,16-17,21H,4,8-11,13-15H2,1-3H3/t16-,17+. The second-order valence-electron chi connectivity index (χ2n) is 7.48. The molecule has 1 aromatic rings. The molecular weight excluding hydrogens is 312 g/mol. The lowest BCUT2D eigenvalue weighted by atomic mass is 10.0. The average Bonchev–Trinajstić information content (AvgIpc) is 2.62. The number of nitrogens with one attached hydrogen (secondary N) is 1. The normalized spacial score (nSPS) is 26.0. The first kappa shape index (κ1) is 18.4. The fraction of sp³-hybridized carbons (Fsp3) is 0.650. The highest BCUT2D eigenvalue weighted by molar-refractivity contribution is 5.95. The van der Waals surface area contributed by atoms with E-state index in [4.69, 9.17) is 0 Å². The molecule has 0 radical (unpaired) electrons. The van der Waals surface area contributed by atoms with Crippen molar-refractivity contribution in [1.29, 1.82) is 0 Å². The largest absolute Gasteiger partial charge is 0.331 e. The third kappa shape index (κ3) is 4.40. The van der Waals surface area contributed by atoms with Gasteiger partial charge in [-0.15, -0.1) is 0 Å². The second kappa shape index (κ2) is 8.30. The van der Waals surface area contributed by atoms with E-state index in [0.717, 1.165) is 57.9 Å². The van der Waals surface area contributed by atoms with Crippen LogP contribution in [0.4, 0.5) is 0 Å². The van der Waals surface area contributed by atoms with E-state index >= 15 is 0 Å². The summed E-state index contributed by atoms with van der Waals surface area (Å²) < 4.78 is 0. The molecule has 25 heavy (non-hydrogen) atoms. The van der Waals surface area contributed by atoms with E-state index in [9.17, 15) is 4.79 Å². The fourth-order valence-corrected chi connectivity index (χ4v) is 4.01. The van der Waals surface area contributed by atoms with E-state index in [1.165, 1.54) is 5.56 Å². The Balaban J connectivity index is 1.66. The molecule has 5 nitrogen and oxygen atoms in total. The van der Waals surface area contributed by atoms with E-state index in [0.29, 0.717) is 0 Å². The summed E-state index contributed by atoms with van der Waals surface area (Å²) >= 11 is 0. The van der Waals surface area contributed by atoms with Crippen LogP contribution in [0.5, 0.6) is 0 Å². The van der Waals surface area contributed by atoms with Gasteiger partial charge >= 0.3 is 0 Å². The Morgan fingerprint density at radius 1 is 1.08 bits per heavy atom. The fourth-order valence-electron chi connectivity index (χ4n) is 4.01. The molecule has 3 rings (SSSR count). The highest BCUT2D eigenvalue weighted by Gasteiger charge is 2.29. The van der Waals surface area contributed by atoms with Crippen LogP contribution in [-0.4, -0.2) is 78.5 Å². The van der Waals surface area contributed by atoms with E-state index < -0.39 is 0 Å². The first-order chi connectivity index (χ1) is 12.1. The molecule has 0 bridgehead atoms. The number of piperazine rings is 2. The Hall–Kier alpha value is -1.43. The van der Waals surface area contributed by atoms with Gasteiger partial charge in [0.1, 0.15) is 0 Å². The number of rotatable bonds is 4. The minimum Gasteiger partial charge on any atom is -0.331 e. The summed E-state index contributed by atoms with van der Waals surface area (Å²) in [6.07, 6.45) is 0. The number of nitrogens with zero attached hydrogens (tertiary/aromatic N) is 3. The molecule has 0 aliphatic carbocycles. The lowest BCUT2D eigenvalue weighted by Crippen LogP contribution is -2.57. The molecule has 2 aliphatic rings. The highest BCUT2D eigenvalue weighted by Crippen LogP contribution is 2.17. The number of carbonyl (C=O) groups is 1. The Morgan fingerprint density at radius 3 is 2.36 bits per heavy atom. The van der Waals surface area contributed by atoms with Crippen molar-refractivity contribution in [2.24, 2.45) is 0 Å². The van der Waals surface area contributed by atoms with Gasteiger partial charge in [0.25, 0.3) is 5.91 Å². The number of carbonyl (C=O) groups excluding carboxylic acids is 1. The van der Waals surface area contributed by atoms with Gasteiger partial charge in [-0.1, -0.05) is 19.1 Å². The molecule has 0 aromatic heterocycles. The lowest BCUT2D eigenvalue weighted by molar-refractivity contribution is 0.0544. The third-order valence-corrected chi connectivity index (χ3v) is 5.56. The molecular formula is C20H32N4O. The molecule has 5 heteroatoms. The van der Waals surface area contributed by atoms with Crippen molar-refractivity contribution in [1.82, 2.24) is 20.0 Å². The number of hydrogen-bond donors (Lipinski definition) is 1. The van der Waals surface area contributed by atoms with Crippen LogP contribution < -0.4 is 5.32 Å². The monoisotopic (exact) mass is 344 g/mol. The van der Waals surface area contributed by atoms with Gasteiger partial charge in [-0.05, 0) is 38.1 Å². The Labute approximate surface area is 152 Å². The van der Waals surface area contributed by atoms with Gasteiger partial charge in [0.05, 0.1) is 0 Å². The van der Waals surface area contributed by atoms with Crippen molar-refractivity contribution >= 4 is 5.91 Å². The maximum atomic E-state index is 13.0. The summed E-state index contributed by atoms with van der Waals surface area (Å²) in [5.41, 5.74) is 2.07. The molecule has 1 aromatic carbocycles. The smallest absolute Gasteiger partial charge is 0.254 e. The molecule has 1 amide bonds. The van der Waals surface area contributed by atoms with Crippen LogP contribution in [0.1, 0.15) is 36.7 Å². The Bertz CT molecular complexity index is 573. The molecule has 2 heterocycles. The molecule has 0 saturated carbocycles. The van der Waals surface area contributed by atoms with Crippen molar-refractivity contribution in [2.75, 3.05) is 45.8 Å². The van der Waals surface area contributed by atoms with Crippen molar-refractivity contribution in [3.8, 4) is 0 Å². The SMILES string of the molecule is CCN1CCN(Cc2cccc(C(=O)N3[C@H](C)CNC[C@@H]3C)c2)CC1. The van der Waals surface area contributed by atoms with Gasteiger partial charge in [-0.3, -0.25) is 9.69 Å². The number of hydrogen-bond acceptors (Lipinski definition) is 4. The molecule has 0 unspecified atom stereocenters. The molecule has 0 spiro atoms. The third-order valence-electron chi connectivity index (χ3n) is 5.56. The first-order valence-corrected chi connectivity index (χ1v) is 9.65. The Kier molecular flexibility index (Phi) is 6.10. The van der Waals surface area contributed by atoms with Crippen LogP contribution in [0.15, 0.2) is 24.3 Å². The second-order valence-corrected chi connectivity index (χ2v) is 7.48. The summed E-state index contributed by atoms with van der Waals surface area (Å²) in [6, 6.07) is 8.71. The van der Waals surface area contributed by atoms with E-state index in [1.807, 2.05) is 17.0 Å². The van der Waals surface area contributed by atoms with Crippen LogP contribution in [-0.2, 0) is 6.54 Å². The van der Waals surface area contributed by atoms with Crippen molar-refractivity contribution < 1.29 is 4.79 Å². The summed E-state index contributed by atoms with van der Waals surface area (Å²) in [6.45, 7) is 14.8. The quantitative estimate of drug-likeness (QED) is 0.901. The van der Waals surface area contributed by atoms with Crippen LogP contribution >= 0.6 is 0 Å². The van der Waals surface area contributed by atoms with Gasteiger partial charge in [-0.25, -0.2) is 0 Å². The van der Waals surface area contributed by atoms with Gasteiger partial charge in [0, 0.05) is 63.5 Å². The molecule has 138 valence electrons. The predicted octanol–water partition coefficient (Wildman–Crippen LogP) is 1.65. The summed E-state index contributed by atoms with van der Waals surface area (Å²) in [4.78, 5) is 20.0. The topological polar surface area (TPSA) is 38.8 Å². The van der Waals surface area contributed by atoms with Gasteiger partial charge in [0.2, 0.25) is 0 Å². The Morgan fingerprint density at radius 2 is 1.72 bits per heavy atom. The maximum Gasteiger partial charge on any atom is 0.254 e. The molecule has 2 atom stereocenters. The van der Waals surface area contributed by atoms with Crippen molar-refractivity contribution in [2.45, 2.75) is 39.4 Å². The van der Waals surface area contributed by atoms with E-state index in [2.05, 4.69) is 48.0 Å². The zero-order valence-electron chi connectivity index (χ0n) is 15.9. The van der Waals surface area contributed by atoms with Crippen LogP contribution in [0.3, 0.4) is 0 Å². The predicted molar refractivity (Wildman–Crippen MR) is 102 cm³/mol. The summed E-state index contributed by atoms with van der Waals surface area (Å²) in [7, 11) is 0. The minimum atomic E-state index is 0.166. The minimum absolute atomic E-state index is 0.166. The van der Waals surface area contributed by atoms with E-state index in [1.54, 1.807) is 0 Å². The molecule has 2 fully saturated rings. The van der Waals surface area contributed by atoms with Gasteiger partial charge in [0.15, 0.2) is 0 Å². The lowest BCUT2D eigenvalue weighted by Gasteiger charge is -2.39. The average molecular weight is 345 g/mol. The van der Waals surface area contributed by atoms with Crippen LogP contribution in [0, 0.1) is 0 Å². The van der Waals surface area contributed by atoms with Gasteiger partial charge < -0.3 is 15.1 Å². The molecule has 2 aliphatic heterocycles. The maximum absolute atomic E-state index is 13.0. The van der Waals surface area contributed by atoms with Crippen LogP contribution in [0.25, 0.3) is 0 Å². The van der Waals surface area contributed by atoms with Crippen molar-refractivity contribution in [3.05, 3.63) is 35.4 Å². The first-order valence-electron chi connectivity index (χ1n) is 9.65. The van der Waals surface area contributed by atoms with Crippen molar-refractivity contribution in [3.63, 3.8) is 0 Å². The van der Waals surface area contributed by atoms with E-state index in [-0.39, 0.29) is 18.0 Å². The number of amides is 1. The number of benzene rings is 1. The number of likely N-dealkylation sites (N-methyl/N-ethyl adjacent to an activating group) is 1.